The Morgan fingerprint density at radius 3 is 2.55 bits per heavy atom. The summed E-state index contributed by atoms with van der Waals surface area (Å²) in [4.78, 5) is 13.9. The van der Waals surface area contributed by atoms with E-state index in [4.69, 9.17) is 0 Å². The third kappa shape index (κ3) is 3.05. The van der Waals surface area contributed by atoms with Crippen molar-refractivity contribution in [2.75, 3.05) is 24.5 Å². The van der Waals surface area contributed by atoms with Crippen molar-refractivity contribution in [1.82, 2.24) is 4.90 Å². The van der Waals surface area contributed by atoms with Crippen molar-refractivity contribution in [2.24, 2.45) is 0 Å². The first-order valence-electron chi connectivity index (χ1n) is 6.44. The number of hydrogen-bond acceptors (Lipinski definition) is 2. The molecule has 1 atom stereocenters. The Morgan fingerprint density at radius 2 is 2.00 bits per heavy atom. The Kier molecular flexibility index (Phi) is 3.92. The lowest BCUT2D eigenvalue weighted by Gasteiger charge is -2.43. The lowest BCUT2D eigenvalue weighted by Crippen LogP contribution is -2.60. The first kappa shape index (κ1) is 14.7. The number of piperazine rings is 1. The van der Waals surface area contributed by atoms with Crippen molar-refractivity contribution in [3.63, 3.8) is 0 Å². The summed E-state index contributed by atoms with van der Waals surface area (Å²) in [5, 5.41) is 0. The van der Waals surface area contributed by atoms with Crippen molar-refractivity contribution < 1.29 is 18.0 Å². The van der Waals surface area contributed by atoms with Gasteiger partial charge < -0.3 is 9.80 Å². The highest BCUT2D eigenvalue weighted by Gasteiger charge is 2.47. The number of rotatable bonds is 1. The van der Waals surface area contributed by atoms with Crippen LogP contribution in [0.3, 0.4) is 0 Å². The van der Waals surface area contributed by atoms with Gasteiger partial charge in [0.2, 0.25) is 5.91 Å². The van der Waals surface area contributed by atoms with E-state index >= 15 is 0 Å². The first-order valence-corrected chi connectivity index (χ1v) is 6.44. The van der Waals surface area contributed by atoms with E-state index in [0.717, 1.165) is 5.56 Å². The summed E-state index contributed by atoms with van der Waals surface area (Å²) in [6.45, 7) is 3.34. The number of hydrogen-bond donors (Lipinski definition) is 0. The highest BCUT2D eigenvalue weighted by Crippen LogP contribution is 2.32. The maximum atomic E-state index is 13.2. The van der Waals surface area contributed by atoms with E-state index in [1.54, 1.807) is 18.2 Å². The molecule has 0 spiro atoms. The number of carbonyl (C=O) groups excluding carboxylic acids is 1. The molecule has 1 aromatic carbocycles. The van der Waals surface area contributed by atoms with Crippen LogP contribution in [-0.4, -0.2) is 42.7 Å². The van der Waals surface area contributed by atoms with Crippen molar-refractivity contribution in [3.8, 4) is 0 Å². The zero-order valence-electron chi connectivity index (χ0n) is 11.4. The van der Waals surface area contributed by atoms with Gasteiger partial charge >= 0.3 is 6.18 Å². The molecule has 1 saturated heterocycles. The molecule has 1 fully saturated rings. The van der Waals surface area contributed by atoms with E-state index in [1.807, 2.05) is 13.0 Å². The molecular formula is C14H17F3N2O. The second kappa shape index (κ2) is 5.34. The average molecular weight is 286 g/mol. The Morgan fingerprint density at radius 1 is 1.30 bits per heavy atom. The predicted molar refractivity (Wildman–Crippen MR) is 70.6 cm³/mol. The summed E-state index contributed by atoms with van der Waals surface area (Å²) in [5.74, 6) is -0.317. The second-order valence-electron chi connectivity index (χ2n) is 5.05. The number of anilines is 1. The van der Waals surface area contributed by atoms with Crippen molar-refractivity contribution >= 4 is 11.6 Å². The molecule has 0 bridgehead atoms. The monoisotopic (exact) mass is 286 g/mol. The Hall–Kier alpha value is -1.72. The van der Waals surface area contributed by atoms with Crippen LogP contribution >= 0.6 is 0 Å². The van der Waals surface area contributed by atoms with E-state index < -0.39 is 12.2 Å². The van der Waals surface area contributed by atoms with Gasteiger partial charge in [0.25, 0.3) is 0 Å². The molecule has 110 valence electrons. The molecule has 20 heavy (non-hydrogen) atoms. The minimum atomic E-state index is -4.36. The Bertz CT molecular complexity index is 501. The molecule has 0 N–H and O–H groups in total. The molecule has 1 unspecified atom stereocenters. The second-order valence-corrected chi connectivity index (χ2v) is 5.05. The fourth-order valence-corrected chi connectivity index (χ4v) is 2.46. The van der Waals surface area contributed by atoms with E-state index in [2.05, 4.69) is 0 Å². The minimum absolute atomic E-state index is 0.188. The lowest BCUT2D eigenvalue weighted by molar-refractivity contribution is -0.160. The molecule has 0 aliphatic carbocycles. The zero-order chi connectivity index (χ0) is 14.9. The summed E-state index contributed by atoms with van der Waals surface area (Å²) >= 11 is 0. The summed E-state index contributed by atoms with van der Waals surface area (Å²) in [5.41, 5.74) is 1.47. The molecular weight excluding hydrogens is 269 g/mol. The molecule has 0 saturated carbocycles. The maximum absolute atomic E-state index is 13.2. The third-order valence-corrected chi connectivity index (χ3v) is 3.54. The van der Waals surface area contributed by atoms with Crippen LogP contribution in [0, 0.1) is 6.92 Å². The zero-order valence-corrected chi connectivity index (χ0v) is 11.4. The number of halogens is 3. The van der Waals surface area contributed by atoms with Crippen LogP contribution < -0.4 is 4.90 Å². The van der Waals surface area contributed by atoms with Crippen molar-refractivity contribution in [3.05, 3.63) is 29.8 Å². The molecule has 0 aromatic heterocycles. The molecule has 2 rings (SSSR count). The van der Waals surface area contributed by atoms with Crippen molar-refractivity contribution in [2.45, 2.75) is 26.1 Å². The van der Waals surface area contributed by atoms with Crippen LogP contribution in [0.25, 0.3) is 0 Å². The van der Waals surface area contributed by atoms with Gasteiger partial charge in [-0.3, -0.25) is 4.79 Å². The number of benzene rings is 1. The largest absolute Gasteiger partial charge is 0.410 e. The fourth-order valence-electron chi connectivity index (χ4n) is 2.46. The number of aryl methyl sites for hydroxylation is 1. The molecule has 6 heteroatoms. The fraction of sp³-hybridized carbons (Fsp3) is 0.500. The smallest absolute Gasteiger partial charge is 0.357 e. The number of alkyl halides is 3. The van der Waals surface area contributed by atoms with Crippen LogP contribution in [0.1, 0.15) is 12.5 Å². The lowest BCUT2D eigenvalue weighted by atomic mass is 10.1. The van der Waals surface area contributed by atoms with Gasteiger partial charge in [-0.15, -0.1) is 0 Å². The molecule has 1 aliphatic heterocycles. The molecule has 1 amide bonds. The summed E-state index contributed by atoms with van der Waals surface area (Å²) < 4.78 is 39.7. The van der Waals surface area contributed by atoms with Gasteiger partial charge in [0.15, 0.2) is 0 Å². The van der Waals surface area contributed by atoms with E-state index in [-0.39, 0.29) is 19.0 Å². The van der Waals surface area contributed by atoms with Gasteiger partial charge in [-0.2, -0.15) is 13.2 Å². The SMILES string of the molecule is CC(=O)N1CCN(c2cccc(C)c2)C(C(F)(F)F)C1. The predicted octanol–water partition coefficient (Wildman–Crippen LogP) is 2.59. The first-order chi connectivity index (χ1) is 9.29. The van der Waals surface area contributed by atoms with Gasteiger partial charge in [-0.1, -0.05) is 12.1 Å². The van der Waals surface area contributed by atoms with Crippen LogP contribution in [0.2, 0.25) is 0 Å². The Labute approximate surface area is 116 Å². The van der Waals surface area contributed by atoms with Gasteiger partial charge in [0, 0.05) is 32.2 Å². The van der Waals surface area contributed by atoms with Crippen LogP contribution in [0.4, 0.5) is 18.9 Å². The molecule has 0 radical (unpaired) electrons. The van der Waals surface area contributed by atoms with Crippen LogP contribution in [-0.2, 0) is 4.79 Å². The molecule has 1 aromatic rings. The van der Waals surface area contributed by atoms with Gasteiger partial charge in [-0.05, 0) is 24.6 Å². The molecule has 1 aliphatic rings. The third-order valence-electron chi connectivity index (χ3n) is 3.54. The summed E-state index contributed by atoms with van der Waals surface area (Å²) in [6, 6.07) is 5.35. The maximum Gasteiger partial charge on any atom is 0.410 e. The molecule has 1 heterocycles. The summed E-state index contributed by atoms with van der Waals surface area (Å²) in [6.07, 6.45) is -4.36. The van der Waals surface area contributed by atoms with E-state index in [9.17, 15) is 18.0 Å². The van der Waals surface area contributed by atoms with Gasteiger partial charge in [-0.25, -0.2) is 0 Å². The number of nitrogens with zero attached hydrogens (tertiary/aromatic N) is 2. The highest BCUT2D eigenvalue weighted by molar-refractivity contribution is 5.73. The number of amides is 1. The quantitative estimate of drug-likeness (QED) is 0.792. The summed E-state index contributed by atoms with van der Waals surface area (Å²) in [7, 11) is 0. The molecule has 3 nitrogen and oxygen atoms in total. The van der Waals surface area contributed by atoms with E-state index in [1.165, 1.54) is 16.7 Å². The Balaban J connectivity index is 2.30. The van der Waals surface area contributed by atoms with Gasteiger partial charge in [0.1, 0.15) is 6.04 Å². The topological polar surface area (TPSA) is 23.6 Å². The highest BCUT2D eigenvalue weighted by atomic mass is 19.4. The van der Waals surface area contributed by atoms with Crippen molar-refractivity contribution in [1.29, 1.82) is 0 Å². The normalized spacial score (nSPS) is 20.1. The standard InChI is InChI=1S/C14H17F3N2O/c1-10-4-3-5-12(8-10)19-7-6-18(11(2)20)9-13(19)14(15,16)17/h3-5,8,13H,6-7,9H2,1-2H3. The van der Waals surface area contributed by atoms with E-state index in [0.29, 0.717) is 12.2 Å². The van der Waals surface area contributed by atoms with Gasteiger partial charge in [0.05, 0.1) is 0 Å². The number of carbonyl (C=O) groups is 1. The van der Waals surface area contributed by atoms with Crippen LogP contribution in [0.15, 0.2) is 24.3 Å². The van der Waals surface area contributed by atoms with Crippen LogP contribution in [0.5, 0.6) is 0 Å². The average Bonchev–Trinajstić information content (AvgIpc) is 2.37. The minimum Gasteiger partial charge on any atom is -0.357 e.